The van der Waals surface area contributed by atoms with Crippen LogP contribution in [0, 0.1) is 6.92 Å². The van der Waals surface area contributed by atoms with Gasteiger partial charge in [0.1, 0.15) is 11.9 Å². The highest BCUT2D eigenvalue weighted by molar-refractivity contribution is 7.10. The number of benzene rings is 1. The highest BCUT2D eigenvalue weighted by Crippen LogP contribution is 2.29. The van der Waals surface area contributed by atoms with E-state index < -0.39 is 6.10 Å². The summed E-state index contributed by atoms with van der Waals surface area (Å²) in [4.78, 5) is 18.7. The molecule has 6 heteroatoms. The number of thiophene rings is 1. The molecular formula is C26H23N3O2S. The van der Waals surface area contributed by atoms with E-state index in [1.807, 2.05) is 59.3 Å². The molecule has 0 spiro atoms. The summed E-state index contributed by atoms with van der Waals surface area (Å²) in [6.45, 7) is 9.43. The van der Waals surface area contributed by atoms with Crippen LogP contribution in [0.2, 0.25) is 0 Å². The minimum Gasteiger partial charge on any atom is -0.381 e. The largest absolute Gasteiger partial charge is 0.381 e. The van der Waals surface area contributed by atoms with Crippen LogP contribution in [0.15, 0.2) is 102 Å². The molecule has 160 valence electrons. The molecule has 32 heavy (non-hydrogen) atoms. The van der Waals surface area contributed by atoms with Crippen LogP contribution in [0.25, 0.3) is 16.7 Å². The van der Waals surface area contributed by atoms with E-state index in [1.54, 1.807) is 30.4 Å². The van der Waals surface area contributed by atoms with Crippen LogP contribution in [-0.2, 0) is 0 Å². The van der Waals surface area contributed by atoms with Gasteiger partial charge in [0.2, 0.25) is 0 Å². The number of rotatable bonds is 7. The summed E-state index contributed by atoms with van der Waals surface area (Å²) in [5.74, 6) is 0.538. The summed E-state index contributed by atoms with van der Waals surface area (Å²) in [6, 6.07) is 16.8. The van der Waals surface area contributed by atoms with Gasteiger partial charge in [-0.15, -0.1) is 11.3 Å². The molecule has 0 bridgehead atoms. The molecule has 1 aromatic carbocycles. The lowest BCUT2D eigenvalue weighted by atomic mass is 10.1. The van der Waals surface area contributed by atoms with Crippen molar-refractivity contribution in [2.75, 3.05) is 5.32 Å². The van der Waals surface area contributed by atoms with Gasteiger partial charge in [0.15, 0.2) is 11.1 Å². The minimum atomic E-state index is -0.876. The lowest BCUT2D eigenvalue weighted by molar-refractivity contribution is 0.219. The lowest BCUT2D eigenvalue weighted by Crippen LogP contribution is -2.17. The van der Waals surface area contributed by atoms with E-state index in [4.69, 9.17) is 4.98 Å². The quantitative estimate of drug-likeness (QED) is 0.371. The van der Waals surface area contributed by atoms with Crippen molar-refractivity contribution < 1.29 is 5.11 Å². The molecule has 3 aromatic heterocycles. The fourth-order valence-corrected chi connectivity index (χ4v) is 4.34. The Kier molecular flexibility index (Phi) is 6.16. The van der Waals surface area contributed by atoms with Crippen molar-refractivity contribution in [3.63, 3.8) is 0 Å². The zero-order valence-electron chi connectivity index (χ0n) is 17.7. The van der Waals surface area contributed by atoms with Gasteiger partial charge >= 0.3 is 0 Å². The number of nitrogens with one attached hydrogen (secondary N) is 1. The number of aliphatic hydroxyl groups is 1. The molecule has 3 heterocycles. The lowest BCUT2D eigenvalue weighted by Gasteiger charge is -2.20. The molecule has 0 fully saturated rings. The maximum absolute atomic E-state index is 13.1. The number of aryl methyl sites for hydroxylation is 1. The third-order valence-electron chi connectivity index (χ3n) is 5.08. The Balaban J connectivity index is 2.04. The molecule has 0 amide bonds. The van der Waals surface area contributed by atoms with E-state index in [2.05, 4.69) is 18.5 Å². The molecule has 4 rings (SSSR count). The topological polar surface area (TPSA) is 67.2 Å². The number of hydrogen-bond donors (Lipinski definition) is 2. The van der Waals surface area contributed by atoms with Crippen LogP contribution in [0.5, 0.6) is 0 Å². The van der Waals surface area contributed by atoms with E-state index in [1.165, 1.54) is 11.3 Å². The maximum Gasteiger partial charge on any atom is 0.193 e. The number of pyridine rings is 2. The molecule has 0 radical (unpaired) electrons. The van der Waals surface area contributed by atoms with Crippen LogP contribution in [0.1, 0.15) is 22.2 Å². The minimum absolute atomic E-state index is 0.154. The maximum atomic E-state index is 13.1. The average molecular weight is 442 g/mol. The van der Waals surface area contributed by atoms with Crippen LogP contribution in [0.3, 0.4) is 0 Å². The Bertz CT molecular complexity index is 1370. The van der Waals surface area contributed by atoms with E-state index in [-0.39, 0.29) is 5.43 Å². The summed E-state index contributed by atoms with van der Waals surface area (Å²) >= 11 is 1.46. The molecule has 2 N–H and O–H groups in total. The van der Waals surface area contributed by atoms with Gasteiger partial charge in [-0.1, -0.05) is 43.5 Å². The highest BCUT2D eigenvalue weighted by atomic mass is 32.1. The predicted molar refractivity (Wildman–Crippen MR) is 133 cm³/mol. The summed E-state index contributed by atoms with van der Waals surface area (Å²) in [5, 5.41) is 16.6. The highest BCUT2D eigenvalue weighted by Gasteiger charge is 2.19. The van der Waals surface area contributed by atoms with Crippen LogP contribution < -0.4 is 10.7 Å². The van der Waals surface area contributed by atoms with Gasteiger partial charge < -0.3 is 10.4 Å². The van der Waals surface area contributed by atoms with Crippen molar-refractivity contribution in [1.82, 2.24) is 9.55 Å². The molecule has 1 unspecified atom stereocenters. The van der Waals surface area contributed by atoms with Crippen molar-refractivity contribution in [3.05, 3.63) is 123 Å². The summed E-state index contributed by atoms with van der Waals surface area (Å²) in [7, 11) is 0. The van der Waals surface area contributed by atoms with Gasteiger partial charge in [0.25, 0.3) is 0 Å². The van der Waals surface area contributed by atoms with Gasteiger partial charge in [-0.3, -0.25) is 9.36 Å². The van der Waals surface area contributed by atoms with Crippen LogP contribution >= 0.6 is 11.3 Å². The number of anilines is 1. The number of aliphatic hydroxyl groups excluding tert-OH is 1. The molecule has 0 saturated carbocycles. The molecule has 5 nitrogen and oxygen atoms in total. The third-order valence-corrected chi connectivity index (χ3v) is 6.01. The SMILES string of the molecule is C=C/C=C(\C=C)Nc1cc(=O)c2c(C)cc(C(O)c3cccs3)nc2n1-c1ccccc1. The summed E-state index contributed by atoms with van der Waals surface area (Å²) < 4.78 is 1.88. The van der Waals surface area contributed by atoms with Crippen LogP contribution in [0.4, 0.5) is 5.82 Å². The molecule has 0 saturated heterocycles. The Morgan fingerprint density at radius 2 is 1.97 bits per heavy atom. The summed E-state index contributed by atoms with van der Waals surface area (Å²) in [5.41, 5.74) is 3.08. The van der Waals surface area contributed by atoms with Gasteiger partial charge in [-0.2, -0.15) is 0 Å². The first-order valence-corrected chi connectivity index (χ1v) is 11.0. The first-order valence-electron chi connectivity index (χ1n) is 10.1. The number of hydrogen-bond acceptors (Lipinski definition) is 5. The van der Waals surface area contributed by atoms with E-state index in [9.17, 15) is 9.90 Å². The molecule has 0 aliphatic rings. The Morgan fingerprint density at radius 1 is 1.19 bits per heavy atom. The van der Waals surface area contributed by atoms with Crippen molar-refractivity contribution >= 4 is 28.2 Å². The summed E-state index contributed by atoms with van der Waals surface area (Å²) in [6.07, 6.45) is 4.19. The second-order valence-corrected chi connectivity index (χ2v) is 8.21. The Labute approximate surface area is 190 Å². The molecule has 1 atom stereocenters. The second kappa shape index (κ2) is 9.18. The van der Waals surface area contributed by atoms with E-state index in [0.29, 0.717) is 28.2 Å². The first kappa shape index (κ1) is 21.5. The van der Waals surface area contributed by atoms with Gasteiger partial charge in [0.05, 0.1) is 11.1 Å². The molecular weight excluding hydrogens is 418 g/mol. The van der Waals surface area contributed by atoms with Crippen molar-refractivity contribution in [3.8, 4) is 5.69 Å². The van der Waals surface area contributed by atoms with Crippen LogP contribution in [-0.4, -0.2) is 14.7 Å². The Hall–Kier alpha value is -3.74. The number of fused-ring (bicyclic) bond motifs is 1. The fourth-order valence-electron chi connectivity index (χ4n) is 3.62. The number of aromatic nitrogens is 2. The average Bonchev–Trinajstić information content (AvgIpc) is 3.33. The monoisotopic (exact) mass is 441 g/mol. The van der Waals surface area contributed by atoms with Gasteiger partial charge in [-0.25, -0.2) is 4.98 Å². The van der Waals surface area contributed by atoms with E-state index >= 15 is 0 Å². The molecule has 4 aromatic rings. The molecule has 0 aliphatic heterocycles. The van der Waals surface area contributed by atoms with Gasteiger partial charge in [0, 0.05) is 22.3 Å². The second-order valence-electron chi connectivity index (χ2n) is 7.23. The van der Waals surface area contributed by atoms with E-state index in [0.717, 1.165) is 16.1 Å². The smallest absolute Gasteiger partial charge is 0.193 e. The zero-order chi connectivity index (χ0) is 22.7. The van der Waals surface area contributed by atoms with Gasteiger partial charge in [-0.05, 0) is 54.3 Å². The number of para-hydroxylation sites is 1. The number of nitrogens with zero attached hydrogens (tertiary/aromatic N) is 2. The zero-order valence-corrected chi connectivity index (χ0v) is 18.5. The normalized spacial score (nSPS) is 12.5. The fraction of sp³-hybridized carbons (Fsp3) is 0.0769. The van der Waals surface area contributed by atoms with Crippen molar-refractivity contribution in [2.45, 2.75) is 13.0 Å². The third kappa shape index (κ3) is 4.06. The molecule has 0 aliphatic carbocycles. The van der Waals surface area contributed by atoms with Crippen molar-refractivity contribution in [1.29, 1.82) is 0 Å². The Morgan fingerprint density at radius 3 is 2.62 bits per heavy atom. The standard InChI is InChI=1S/C26H23N3O2S/c1-4-10-18(5-2)27-23-16-21(30)24-17(3)15-20(25(31)22-13-9-14-32-22)28-26(24)29(23)19-11-7-6-8-12-19/h4-16,25,27,31H,1-2H2,3H3/b18-10+. The first-order chi connectivity index (χ1) is 15.5. The predicted octanol–water partition coefficient (Wildman–Crippen LogP) is 5.51. The van der Waals surface area contributed by atoms with Crippen molar-refractivity contribution in [2.24, 2.45) is 0 Å². The number of allylic oxidation sites excluding steroid dienone is 3.